The Kier molecular flexibility index (Phi) is 5.34. The number of nitrogens with one attached hydrogen (secondary N) is 1. The molecule has 0 atom stereocenters. The fourth-order valence-electron chi connectivity index (χ4n) is 2.61. The SMILES string of the molecule is N#Cc1ccc(Cl)cc1NC(=O)COC(=O)c1cc(O)c2ccccc2c1O. The Labute approximate surface area is 164 Å². The van der Waals surface area contributed by atoms with E-state index >= 15 is 0 Å². The zero-order valence-electron chi connectivity index (χ0n) is 14.3. The third-order valence-corrected chi connectivity index (χ3v) is 4.16. The Hall–Kier alpha value is -3.76. The number of carbonyl (C=O) groups is 2. The number of hydrogen-bond acceptors (Lipinski definition) is 6. The highest BCUT2D eigenvalue weighted by atomic mass is 35.5. The second kappa shape index (κ2) is 7.86. The van der Waals surface area contributed by atoms with E-state index in [1.165, 1.54) is 24.3 Å². The molecular weight excluding hydrogens is 384 g/mol. The van der Waals surface area contributed by atoms with Gasteiger partial charge in [-0.05, 0) is 24.3 Å². The molecule has 1 amide bonds. The molecular formula is C20H13ClN2O5. The first kappa shape index (κ1) is 19.0. The van der Waals surface area contributed by atoms with Crippen LogP contribution in [0.15, 0.2) is 48.5 Å². The summed E-state index contributed by atoms with van der Waals surface area (Å²) in [6.07, 6.45) is 0. The van der Waals surface area contributed by atoms with E-state index in [1.54, 1.807) is 18.2 Å². The Balaban J connectivity index is 1.74. The molecule has 0 fully saturated rings. The number of phenolic OH excluding ortho intramolecular Hbond substituents is 2. The molecule has 28 heavy (non-hydrogen) atoms. The van der Waals surface area contributed by atoms with Crippen LogP contribution in [0.3, 0.4) is 0 Å². The van der Waals surface area contributed by atoms with E-state index in [9.17, 15) is 19.8 Å². The van der Waals surface area contributed by atoms with E-state index < -0.39 is 18.5 Å². The third kappa shape index (κ3) is 3.82. The van der Waals surface area contributed by atoms with Gasteiger partial charge in [-0.1, -0.05) is 35.9 Å². The summed E-state index contributed by atoms with van der Waals surface area (Å²) in [7, 11) is 0. The van der Waals surface area contributed by atoms with E-state index in [0.29, 0.717) is 10.4 Å². The first-order valence-electron chi connectivity index (χ1n) is 8.01. The highest BCUT2D eigenvalue weighted by Gasteiger charge is 2.19. The van der Waals surface area contributed by atoms with Gasteiger partial charge in [-0.3, -0.25) is 4.79 Å². The predicted octanol–water partition coefficient (Wildman–Crippen LogP) is 3.57. The van der Waals surface area contributed by atoms with Crippen molar-refractivity contribution in [1.82, 2.24) is 0 Å². The molecule has 8 heteroatoms. The summed E-state index contributed by atoms with van der Waals surface area (Å²) in [5, 5.41) is 32.8. The number of phenols is 2. The van der Waals surface area contributed by atoms with E-state index in [0.717, 1.165) is 6.07 Å². The van der Waals surface area contributed by atoms with Gasteiger partial charge in [0.25, 0.3) is 5.91 Å². The van der Waals surface area contributed by atoms with Crippen molar-refractivity contribution in [1.29, 1.82) is 5.26 Å². The number of nitrogens with zero attached hydrogens (tertiary/aromatic N) is 1. The van der Waals surface area contributed by atoms with Crippen LogP contribution in [0, 0.1) is 11.3 Å². The van der Waals surface area contributed by atoms with E-state index in [4.69, 9.17) is 21.6 Å². The number of fused-ring (bicyclic) bond motifs is 1. The maximum absolute atomic E-state index is 12.2. The van der Waals surface area contributed by atoms with Gasteiger partial charge in [0.2, 0.25) is 0 Å². The first-order valence-corrected chi connectivity index (χ1v) is 8.39. The number of nitriles is 1. The highest BCUT2D eigenvalue weighted by Crippen LogP contribution is 2.35. The second-order valence-electron chi connectivity index (χ2n) is 5.76. The molecule has 0 saturated heterocycles. The van der Waals surface area contributed by atoms with E-state index in [-0.39, 0.29) is 33.7 Å². The summed E-state index contributed by atoms with van der Waals surface area (Å²) < 4.78 is 4.91. The van der Waals surface area contributed by atoms with Gasteiger partial charge in [-0.25, -0.2) is 4.79 Å². The molecule has 0 aliphatic rings. The largest absolute Gasteiger partial charge is 0.507 e. The predicted molar refractivity (Wildman–Crippen MR) is 102 cm³/mol. The molecule has 0 aliphatic heterocycles. The van der Waals surface area contributed by atoms with Crippen molar-refractivity contribution in [3.8, 4) is 17.6 Å². The van der Waals surface area contributed by atoms with Crippen molar-refractivity contribution >= 4 is 39.9 Å². The average Bonchev–Trinajstić information content (AvgIpc) is 2.69. The van der Waals surface area contributed by atoms with Crippen molar-refractivity contribution in [3.63, 3.8) is 0 Å². The fourth-order valence-corrected chi connectivity index (χ4v) is 2.78. The molecule has 0 radical (unpaired) electrons. The molecule has 0 aromatic heterocycles. The number of rotatable bonds is 4. The van der Waals surface area contributed by atoms with Crippen LogP contribution in [0.1, 0.15) is 15.9 Å². The number of carbonyl (C=O) groups excluding carboxylic acids is 2. The number of hydrogen-bond donors (Lipinski definition) is 3. The number of aromatic hydroxyl groups is 2. The molecule has 3 aromatic carbocycles. The lowest BCUT2D eigenvalue weighted by Gasteiger charge is -2.11. The summed E-state index contributed by atoms with van der Waals surface area (Å²) >= 11 is 5.85. The lowest BCUT2D eigenvalue weighted by Crippen LogP contribution is -2.21. The van der Waals surface area contributed by atoms with Gasteiger partial charge in [0.1, 0.15) is 23.1 Å². The average molecular weight is 397 g/mol. The summed E-state index contributed by atoms with van der Waals surface area (Å²) in [6.45, 7) is -0.663. The lowest BCUT2D eigenvalue weighted by molar-refractivity contribution is -0.119. The number of anilines is 1. The van der Waals surface area contributed by atoms with Crippen molar-refractivity contribution in [2.75, 3.05) is 11.9 Å². The zero-order chi connectivity index (χ0) is 20.3. The van der Waals surface area contributed by atoms with Gasteiger partial charge in [0.05, 0.1) is 11.3 Å². The Morgan fingerprint density at radius 2 is 1.82 bits per heavy atom. The minimum atomic E-state index is -0.986. The van der Waals surface area contributed by atoms with E-state index in [2.05, 4.69) is 5.32 Å². The quantitative estimate of drug-likeness (QED) is 0.458. The van der Waals surface area contributed by atoms with Crippen molar-refractivity contribution in [3.05, 3.63) is 64.7 Å². The number of ether oxygens (including phenoxy) is 1. The smallest absolute Gasteiger partial charge is 0.342 e. The zero-order valence-corrected chi connectivity index (χ0v) is 15.0. The normalized spacial score (nSPS) is 10.3. The number of halogens is 1. The number of esters is 1. The standard InChI is InChI=1S/C20H13ClN2O5/c21-12-6-5-11(9-22)16(7-12)23-18(25)10-28-20(27)15-8-17(24)13-3-1-2-4-14(13)19(15)26/h1-8,24,26H,10H2,(H,23,25). The molecule has 0 aliphatic carbocycles. The third-order valence-electron chi connectivity index (χ3n) is 3.92. The van der Waals surface area contributed by atoms with Crippen LogP contribution in [0.2, 0.25) is 5.02 Å². The van der Waals surface area contributed by atoms with Crippen LogP contribution in [0.4, 0.5) is 5.69 Å². The molecule has 3 aromatic rings. The van der Waals surface area contributed by atoms with Gasteiger partial charge in [0, 0.05) is 15.8 Å². The molecule has 3 rings (SSSR count). The van der Waals surface area contributed by atoms with Gasteiger partial charge in [-0.2, -0.15) is 5.26 Å². The summed E-state index contributed by atoms with van der Waals surface area (Å²) in [5.74, 6) is -2.25. The van der Waals surface area contributed by atoms with Crippen LogP contribution in [-0.2, 0) is 9.53 Å². The molecule has 3 N–H and O–H groups in total. The molecule has 0 bridgehead atoms. The van der Waals surface area contributed by atoms with Crippen LogP contribution in [0.5, 0.6) is 11.5 Å². The van der Waals surface area contributed by atoms with Gasteiger partial charge < -0.3 is 20.3 Å². The molecule has 0 unspecified atom stereocenters. The Bertz CT molecular complexity index is 1140. The van der Waals surface area contributed by atoms with Crippen LogP contribution < -0.4 is 5.32 Å². The van der Waals surface area contributed by atoms with Crippen molar-refractivity contribution < 1.29 is 24.5 Å². The van der Waals surface area contributed by atoms with Gasteiger partial charge >= 0.3 is 5.97 Å². The maximum atomic E-state index is 12.2. The van der Waals surface area contributed by atoms with Gasteiger partial charge in [0.15, 0.2) is 6.61 Å². The van der Waals surface area contributed by atoms with Crippen LogP contribution in [-0.4, -0.2) is 28.7 Å². The van der Waals surface area contributed by atoms with Gasteiger partial charge in [-0.15, -0.1) is 0 Å². The Morgan fingerprint density at radius 3 is 2.54 bits per heavy atom. The van der Waals surface area contributed by atoms with E-state index in [1.807, 2.05) is 6.07 Å². The van der Waals surface area contributed by atoms with Crippen molar-refractivity contribution in [2.24, 2.45) is 0 Å². The van der Waals surface area contributed by atoms with Crippen molar-refractivity contribution in [2.45, 2.75) is 0 Å². The van der Waals surface area contributed by atoms with Crippen LogP contribution >= 0.6 is 11.6 Å². The molecule has 140 valence electrons. The molecule has 0 spiro atoms. The topological polar surface area (TPSA) is 120 Å². The molecule has 0 saturated carbocycles. The number of amides is 1. The summed E-state index contributed by atoms with van der Waals surface area (Å²) in [5.41, 5.74) is 0.105. The minimum absolute atomic E-state index is 0.183. The summed E-state index contributed by atoms with van der Waals surface area (Å²) in [4.78, 5) is 24.3. The summed E-state index contributed by atoms with van der Waals surface area (Å²) in [6, 6.07) is 13.8. The molecule has 0 heterocycles. The second-order valence-corrected chi connectivity index (χ2v) is 6.20. The minimum Gasteiger partial charge on any atom is -0.507 e. The maximum Gasteiger partial charge on any atom is 0.342 e. The monoisotopic (exact) mass is 396 g/mol. The fraction of sp³-hybridized carbons (Fsp3) is 0.0500. The Morgan fingerprint density at radius 1 is 1.11 bits per heavy atom. The first-order chi connectivity index (χ1) is 13.4. The highest BCUT2D eigenvalue weighted by molar-refractivity contribution is 6.31. The lowest BCUT2D eigenvalue weighted by atomic mass is 10.0. The number of benzene rings is 3. The molecule has 7 nitrogen and oxygen atoms in total. The van der Waals surface area contributed by atoms with Crippen LogP contribution in [0.25, 0.3) is 10.8 Å².